The Bertz CT molecular complexity index is 1660. The molecular formula is C42H65N7O6. The number of nitrogens with one attached hydrogen (secondary N) is 4. The van der Waals surface area contributed by atoms with Crippen molar-refractivity contribution < 1.29 is 29.4 Å². The molecule has 13 nitrogen and oxygen atoms in total. The van der Waals surface area contributed by atoms with Crippen LogP contribution in [0.2, 0.25) is 0 Å². The van der Waals surface area contributed by atoms with Gasteiger partial charge in [0.1, 0.15) is 17.9 Å². The van der Waals surface area contributed by atoms with Crippen LogP contribution >= 0.6 is 0 Å². The van der Waals surface area contributed by atoms with Gasteiger partial charge in [0.2, 0.25) is 5.91 Å². The van der Waals surface area contributed by atoms with E-state index in [2.05, 4.69) is 46.9 Å². The van der Waals surface area contributed by atoms with Crippen molar-refractivity contribution in [3.05, 3.63) is 47.5 Å². The summed E-state index contributed by atoms with van der Waals surface area (Å²) in [7, 11) is 9.54. The lowest BCUT2D eigenvalue weighted by atomic mass is 9.45. The molecule has 0 spiro atoms. The Morgan fingerprint density at radius 2 is 1.91 bits per heavy atom. The number of fused-ring (bicyclic) bond motifs is 2. The fraction of sp³-hybridized carbons (Fsp3) is 0.667. The Labute approximate surface area is 327 Å². The van der Waals surface area contributed by atoms with E-state index < -0.39 is 24.2 Å². The fourth-order valence-corrected chi connectivity index (χ4v) is 9.92. The van der Waals surface area contributed by atoms with Crippen molar-refractivity contribution in [3.8, 4) is 16.9 Å². The number of benzene rings is 2. The molecule has 2 saturated heterocycles. The Morgan fingerprint density at radius 3 is 2.51 bits per heavy atom. The molecule has 3 saturated carbocycles. The van der Waals surface area contributed by atoms with Crippen LogP contribution in [-0.2, 0) is 16.2 Å². The van der Waals surface area contributed by atoms with E-state index in [4.69, 9.17) is 9.57 Å². The lowest BCUT2D eigenvalue weighted by Gasteiger charge is -2.62. The predicted octanol–water partition coefficient (Wildman–Crippen LogP) is 2.66. The highest BCUT2D eigenvalue weighted by Gasteiger charge is 2.57. The Hall–Kier alpha value is -3.30. The number of carbonyl (C=O) groups is 2. The van der Waals surface area contributed by atoms with Gasteiger partial charge in [0.05, 0.1) is 26.4 Å². The summed E-state index contributed by atoms with van der Waals surface area (Å²) < 4.78 is 6.11. The van der Waals surface area contributed by atoms with Crippen molar-refractivity contribution in [2.75, 3.05) is 66.6 Å². The Kier molecular flexibility index (Phi) is 12.8. The second-order valence-corrected chi connectivity index (χ2v) is 17.6. The van der Waals surface area contributed by atoms with E-state index in [1.807, 2.05) is 69.5 Å². The summed E-state index contributed by atoms with van der Waals surface area (Å²) in [6.45, 7) is 10.7. The minimum Gasteiger partial charge on any atom is -0.496 e. The molecule has 1 unspecified atom stereocenters. The molecule has 2 amide bonds. The van der Waals surface area contributed by atoms with E-state index >= 15 is 0 Å². The van der Waals surface area contributed by atoms with Gasteiger partial charge in [0.15, 0.2) is 0 Å². The number of nitrogens with zero attached hydrogens (tertiary/aromatic N) is 3. The third kappa shape index (κ3) is 8.68. The number of aliphatic hydroxyl groups excluding tert-OH is 2. The van der Waals surface area contributed by atoms with Crippen molar-refractivity contribution in [2.24, 2.45) is 29.1 Å². The van der Waals surface area contributed by atoms with Gasteiger partial charge in [0.25, 0.3) is 5.91 Å². The fourth-order valence-electron chi connectivity index (χ4n) is 9.92. The second-order valence-electron chi connectivity index (χ2n) is 17.6. The minimum atomic E-state index is -0.899. The number of carbonyl (C=O) groups excluding carboxylic acids is 2. The third-order valence-corrected chi connectivity index (χ3v) is 13.1. The molecule has 7 rings (SSSR count). The van der Waals surface area contributed by atoms with Crippen LogP contribution in [0.25, 0.3) is 11.1 Å². The first-order valence-electron chi connectivity index (χ1n) is 20.0. The van der Waals surface area contributed by atoms with Crippen LogP contribution in [0.3, 0.4) is 0 Å². The maximum Gasteiger partial charge on any atom is 0.251 e. The number of methoxy groups -OCH3 is 1. The zero-order valence-electron chi connectivity index (χ0n) is 34.3. The number of aliphatic hydroxyl groups is 2. The van der Waals surface area contributed by atoms with Crippen LogP contribution in [0, 0.1) is 29.1 Å². The molecule has 6 N–H and O–H groups in total. The van der Waals surface area contributed by atoms with Gasteiger partial charge in [0, 0.05) is 80.3 Å². The largest absolute Gasteiger partial charge is 0.496 e. The topological polar surface area (TPSA) is 151 Å². The molecule has 10 atom stereocenters. The average molecular weight is 764 g/mol. The highest BCUT2D eigenvalue weighted by molar-refractivity contribution is 5.97. The van der Waals surface area contributed by atoms with Crippen LogP contribution in [0.15, 0.2) is 36.4 Å². The molecule has 2 aromatic carbocycles. The van der Waals surface area contributed by atoms with Crippen molar-refractivity contribution in [1.82, 2.24) is 31.2 Å². The van der Waals surface area contributed by atoms with E-state index in [0.717, 1.165) is 48.4 Å². The molecule has 13 heteroatoms. The standard InChI is InChI=1S/C42H65N7O6/c1-24-34-16-29(42(34,3)4)17-35(24)46-41(53)38-37(25(2)51)36(22-50)55-49(38)20-26-11-10-12-33(39(26)54-9)27-13-28(15-32(14-27)48(7)8)40(52)45-31(21-47(5)6)18-30-19-43-23-44-30/h10-15,24-25,29-31,34-38,43-44,50-51H,16-23H2,1-9H3,(H,45,52)(H,46,53)/t24-,25-,29+,30?,31-,34-,35-,36-,37+,38-/m0/s1. The zero-order chi connectivity index (χ0) is 39.8. The molecule has 2 bridgehead atoms. The highest BCUT2D eigenvalue weighted by Crippen LogP contribution is 2.61. The monoisotopic (exact) mass is 763 g/mol. The second kappa shape index (κ2) is 17.1. The van der Waals surface area contributed by atoms with Crippen molar-refractivity contribution in [2.45, 2.75) is 89.9 Å². The number of rotatable bonds is 15. The van der Waals surface area contributed by atoms with Gasteiger partial charge in [-0.15, -0.1) is 0 Å². The number of para-hydroxylation sites is 1. The summed E-state index contributed by atoms with van der Waals surface area (Å²) >= 11 is 0. The van der Waals surface area contributed by atoms with E-state index in [9.17, 15) is 19.8 Å². The molecular weight excluding hydrogens is 699 g/mol. The van der Waals surface area contributed by atoms with E-state index in [1.54, 1.807) is 19.1 Å². The first-order valence-corrected chi connectivity index (χ1v) is 20.0. The molecule has 55 heavy (non-hydrogen) atoms. The molecule has 0 radical (unpaired) electrons. The highest BCUT2D eigenvalue weighted by atomic mass is 16.7. The van der Waals surface area contributed by atoms with Crippen molar-refractivity contribution >= 4 is 17.5 Å². The first-order chi connectivity index (χ1) is 26.1. The number of ether oxygens (including phenoxy) is 1. The first kappa shape index (κ1) is 41.3. The van der Waals surface area contributed by atoms with Gasteiger partial charge >= 0.3 is 0 Å². The summed E-state index contributed by atoms with van der Waals surface area (Å²) in [5.74, 6) is 1.06. The van der Waals surface area contributed by atoms with Gasteiger partial charge in [-0.25, -0.2) is 0 Å². The van der Waals surface area contributed by atoms with E-state index in [-0.39, 0.29) is 48.5 Å². The smallest absolute Gasteiger partial charge is 0.251 e. The lowest BCUT2D eigenvalue weighted by Crippen LogP contribution is -2.62. The molecule has 2 heterocycles. The normalized spacial score (nSPS) is 29.7. The number of amides is 2. The van der Waals surface area contributed by atoms with Crippen LogP contribution in [0.4, 0.5) is 5.69 Å². The third-order valence-electron chi connectivity index (χ3n) is 13.1. The quantitative estimate of drug-likeness (QED) is 0.159. The zero-order valence-corrected chi connectivity index (χ0v) is 34.3. The predicted molar refractivity (Wildman–Crippen MR) is 215 cm³/mol. The molecule has 5 fully saturated rings. The average Bonchev–Trinajstić information content (AvgIpc) is 3.79. The van der Waals surface area contributed by atoms with Gasteiger partial charge < -0.3 is 46.0 Å². The number of likely N-dealkylation sites (N-methyl/N-ethyl adjacent to an activating group) is 1. The Balaban J connectivity index is 1.27. The van der Waals surface area contributed by atoms with Gasteiger partial charge in [-0.1, -0.05) is 39.0 Å². The molecule has 2 aromatic rings. The van der Waals surface area contributed by atoms with Crippen LogP contribution in [0.1, 0.15) is 62.9 Å². The molecule has 0 aromatic heterocycles. The SMILES string of the molecule is COc1c(CN2O[C@@H](CO)[C@@H]([C@H](C)O)[C@H]2C(=O)N[C@H]2C[C@H]3C[C@@H]([C@@H]2C)C3(C)C)cccc1-c1cc(C(=O)N[C@@H](CC2CNCN2)CN(C)C)cc(N(C)C)c1. The van der Waals surface area contributed by atoms with Crippen LogP contribution in [0.5, 0.6) is 5.75 Å². The summed E-state index contributed by atoms with van der Waals surface area (Å²) in [5, 5.41) is 36.4. The number of hydrogen-bond acceptors (Lipinski definition) is 11. The number of hydrogen-bond donors (Lipinski definition) is 6. The van der Waals surface area contributed by atoms with Gasteiger partial charge in [-0.05, 0) is 87.2 Å². The van der Waals surface area contributed by atoms with E-state index in [0.29, 0.717) is 35.6 Å². The summed E-state index contributed by atoms with van der Waals surface area (Å²) in [6, 6.07) is 11.1. The summed E-state index contributed by atoms with van der Waals surface area (Å²) in [4.78, 5) is 38.6. The summed E-state index contributed by atoms with van der Waals surface area (Å²) in [6.07, 6.45) is 1.28. The number of anilines is 1. The molecule has 3 aliphatic carbocycles. The number of hydroxylamine groups is 2. The van der Waals surface area contributed by atoms with Crippen LogP contribution in [-0.4, -0.2) is 130 Å². The summed E-state index contributed by atoms with van der Waals surface area (Å²) in [5.41, 5.74) is 4.04. The van der Waals surface area contributed by atoms with Gasteiger partial charge in [-0.3, -0.25) is 14.4 Å². The van der Waals surface area contributed by atoms with Crippen molar-refractivity contribution in [3.63, 3.8) is 0 Å². The minimum absolute atomic E-state index is 0.0386. The maximum atomic E-state index is 14.3. The van der Waals surface area contributed by atoms with E-state index in [1.165, 1.54) is 6.42 Å². The molecule has 304 valence electrons. The molecule has 5 aliphatic rings. The maximum absolute atomic E-state index is 14.3. The van der Waals surface area contributed by atoms with Crippen LogP contribution < -0.4 is 30.9 Å². The molecule has 2 aliphatic heterocycles. The lowest BCUT2D eigenvalue weighted by molar-refractivity contribution is -0.183. The Morgan fingerprint density at radius 1 is 1.15 bits per heavy atom. The van der Waals surface area contributed by atoms with Crippen molar-refractivity contribution in [1.29, 1.82) is 0 Å². The van der Waals surface area contributed by atoms with Gasteiger partial charge in [-0.2, -0.15) is 5.06 Å².